The summed E-state index contributed by atoms with van der Waals surface area (Å²) < 4.78 is 20.9. The van der Waals surface area contributed by atoms with E-state index in [9.17, 15) is 13.2 Å². The average Bonchev–Trinajstić information content (AvgIpc) is 2.88. The number of benzene rings is 1. The molecule has 0 aromatic heterocycles. The quantitative estimate of drug-likeness (QED) is 0.813. The first kappa shape index (κ1) is 15.8. The Morgan fingerprint density at radius 2 is 2.05 bits per heavy atom. The summed E-state index contributed by atoms with van der Waals surface area (Å²) >= 11 is 0.697. The maximum absolute atomic E-state index is 11.9. The zero-order valence-corrected chi connectivity index (χ0v) is 12.4. The summed E-state index contributed by atoms with van der Waals surface area (Å²) in [6.07, 6.45) is 0.330. The lowest BCUT2D eigenvalue weighted by Crippen LogP contribution is -2.31. The van der Waals surface area contributed by atoms with Gasteiger partial charge in [-0.15, -0.1) is 5.11 Å². The van der Waals surface area contributed by atoms with Crippen molar-refractivity contribution in [1.82, 2.24) is 0 Å². The van der Waals surface area contributed by atoms with Gasteiger partial charge in [0.05, 0.1) is 6.04 Å². The summed E-state index contributed by atoms with van der Waals surface area (Å²) in [7, 11) is -3.86. The summed E-state index contributed by atoms with van der Waals surface area (Å²) in [6, 6.07) is 8.42. The molecule has 0 radical (unpaired) electrons. The van der Waals surface area contributed by atoms with E-state index >= 15 is 0 Å². The molecule has 1 aromatic carbocycles. The Balaban J connectivity index is 1.99. The predicted octanol–water partition coefficient (Wildman–Crippen LogP) is 0.210. The number of nitrogens with zero attached hydrogens (tertiary/aromatic N) is 3. The molecule has 1 aliphatic heterocycles. The highest BCUT2D eigenvalue weighted by Gasteiger charge is 2.30. The van der Waals surface area contributed by atoms with Gasteiger partial charge in [-0.3, -0.25) is 4.79 Å². The molecular formula is C11H13N5O3S2. The van der Waals surface area contributed by atoms with E-state index < -0.39 is 26.7 Å². The third-order valence-electron chi connectivity index (χ3n) is 2.55. The minimum Gasteiger partial charge on any atom is -0.320 e. The van der Waals surface area contributed by atoms with Gasteiger partial charge in [-0.2, -0.15) is 10.1 Å². The summed E-state index contributed by atoms with van der Waals surface area (Å²) in [4.78, 5) is 15.5. The van der Waals surface area contributed by atoms with E-state index in [-0.39, 0.29) is 5.17 Å². The van der Waals surface area contributed by atoms with Crippen LogP contribution < -0.4 is 10.9 Å². The molecule has 8 nitrogen and oxygen atoms in total. The van der Waals surface area contributed by atoms with Gasteiger partial charge in [-0.05, 0) is 23.7 Å². The van der Waals surface area contributed by atoms with Crippen LogP contribution in [0.1, 0.15) is 5.56 Å². The Kier molecular flexibility index (Phi) is 4.83. The number of hydrogen-bond donors (Lipinski definition) is 2. The van der Waals surface area contributed by atoms with Gasteiger partial charge < -0.3 is 5.73 Å². The third-order valence-corrected chi connectivity index (χ3v) is 4.98. The minimum absolute atomic E-state index is 0.0532. The van der Waals surface area contributed by atoms with Crippen LogP contribution in [0.5, 0.6) is 0 Å². The number of amides is 1. The number of sulfonamides is 1. The fourth-order valence-electron chi connectivity index (χ4n) is 1.55. The van der Waals surface area contributed by atoms with Gasteiger partial charge in [0.15, 0.2) is 0 Å². The topological polar surface area (TPSA) is 140 Å². The Bertz CT molecular complexity index is 687. The molecule has 1 heterocycles. The molecule has 1 unspecified atom stereocenters. The van der Waals surface area contributed by atoms with E-state index in [0.717, 1.165) is 5.56 Å². The largest absolute Gasteiger partial charge is 0.320 e. The van der Waals surface area contributed by atoms with E-state index in [4.69, 9.17) is 10.9 Å². The van der Waals surface area contributed by atoms with Crippen LogP contribution >= 0.6 is 11.8 Å². The molecule has 0 fully saturated rings. The summed E-state index contributed by atoms with van der Waals surface area (Å²) in [5.41, 5.74) is 6.67. The maximum Gasteiger partial charge on any atom is 0.265 e. The molecule has 0 saturated carbocycles. The van der Waals surface area contributed by atoms with E-state index in [1.165, 1.54) is 0 Å². The maximum atomic E-state index is 11.9. The number of thioether (sulfide) groups is 1. The molecular weight excluding hydrogens is 314 g/mol. The van der Waals surface area contributed by atoms with Gasteiger partial charge in [0, 0.05) is 0 Å². The van der Waals surface area contributed by atoms with Gasteiger partial charge in [-0.25, -0.2) is 13.6 Å². The average molecular weight is 327 g/mol. The van der Waals surface area contributed by atoms with Gasteiger partial charge in [0.25, 0.3) is 5.91 Å². The Hall–Kier alpha value is -1.62. The highest BCUT2D eigenvalue weighted by atomic mass is 32.3. The molecule has 0 saturated heterocycles. The van der Waals surface area contributed by atoms with Crippen LogP contribution in [-0.4, -0.2) is 30.2 Å². The zero-order valence-electron chi connectivity index (χ0n) is 10.8. The second kappa shape index (κ2) is 6.43. The predicted molar refractivity (Wildman–Crippen MR) is 79.9 cm³/mol. The minimum atomic E-state index is -3.86. The number of nitrogens with two attached hydrogens (primary N) is 2. The monoisotopic (exact) mass is 327 g/mol. The van der Waals surface area contributed by atoms with Crippen molar-refractivity contribution >= 4 is 32.9 Å². The first-order valence-corrected chi connectivity index (χ1v) is 8.36. The lowest BCUT2D eigenvalue weighted by Gasteiger charge is -2.07. The lowest BCUT2D eigenvalue weighted by atomic mass is 10.1. The lowest BCUT2D eigenvalue weighted by molar-refractivity contribution is -0.118. The number of rotatable bonds is 4. The third kappa shape index (κ3) is 4.43. The van der Waals surface area contributed by atoms with Crippen molar-refractivity contribution in [3.05, 3.63) is 35.9 Å². The molecule has 1 amide bonds. The van der Waals surface area contributed by atoms with E-state index in [1.54, 1.807) is 0 Å². The van der Waals surface area contributed by atoms with E-state index in [0.29, 0.717) is 18.2 Å². The van der Waals surface area contributed by atoms with Crippen LogP contribution in [0.4, 0.5) is 0 Å². The summed E-state index contributed by atoms with van der Waals surface area (Å²) in [6.45, 7) is 0. The number of primary sulfonamides is 1. The van der Waals surface area contributed by atoms with E-state index in [2.05, 4.69) is 15.2 Å². The molecule has 0 aliphatic carbocycles. The zero-order chi connectivity index (χ0) is 15.5. The summed E-state index contributed by atoms with van der Waals surface area (Å²) in [5, 5.41) is 11.8. The first-order valence-electron chi connectivity index (χ1n) is 5.87. The van der Waals surface area contributed by atoms with Gasteiger partial charge in [0.2, 0.25) is 19.9 Å². The van der Waals surface area contributed by atoms with Crippen molar-refractivity contribution in [2.45, 2.75) is 17.2 Å². The SMILES string of the molecule is N[C@@H](Cc1ccccc1)C(=O)N=C1N=NC(S(N)(=O)=O)S1. The fourth-order valence-corrected chi connectivity index (χ4v) is 3.03. The Labute approximate surface area is 125 Å². The van der Waals surface area contributed by atoms with Crippen LogP contribution in [0.15, 0.2) is 45.6 Å². The fraction of sp³-hybridized carbons (Fsp3) is 0.273. The number of aliphatic imine (C=N–C) groups is 1. The number of azo groups is 1. The Morgan fingerprint density at radius 3 is 2.62 bits per heavy atom. The second-order valence-corrected chi connectivity index (χ2v) is 7.23. The Morgan fingerprint density at radius 1 is 1.38 bits per heavy atom. The number of carbonyl (C=O) groups excluding carboxylic acids is 1. The molecule has 0 spiro atoms. The highest BCUT2D eigenvalue weighted by Crippen LogP contribution is 2.26. The van der Waals surface area contributed by atoms with Crippen LogP contribution in [0, 0.1) is 0 Å². The molecule has 4 N–H and O–H groups in total. The molecule has 112 valence electrons. The van der Waals surface area contributed by atoms with Gasteiger partial charge in [-0.1, -0.05) is 30.3 Å². The van der Waals surface area contributed by atoms with Crippen LogP contribution in [-0.2, 0) is 21.2 Å². The molecule has 1 aromatic rings. The van der Waals surface area contributed by atoms with Crippen molar-refractivity contribution in [3.8, 4) is 0 Å². The first-order chi connectivity index (χ1) is 9.86. The van der Waals surface area contributed by atoms with Gasteiger partial charge in [0.1, 0.15) is 0 Å². The summed E-state index contributed by atoms with van der Waals surface area (Å²) in [5.74, 6) is -0.588. The van der Waals surface area contributed by atoms with Crippen LogP contribution in [0.25, 0.3) is 0 Å². The van der Waals surface area contributed by atoms with Crippen LogP contribution in [0.2, 0.25) is 0 Å². The van der Waals surface area contributed by atoms with Crippen molar-refractivity contribution in [2.75, 3.05) is 0 Å². The smallest absolute Gasteiger partial charge is 0.265 e. The molecule has 10 heteroatoms. The van der Waals surface area contributed by atoms with Gasteiger partial charge >= 0.3 is 0 Å². The van der Waals surface area contributed by atoms with Crippen molar-refractivity contribution in [3.63, 3.8) is 0 Å². The van der Waals surface area contributed by atoms with Crippen molar-refractivity contribution < 1.29 is 13.2 Å². The molecule has 21 heavy (non-hydrogen) atoms. The number of hydrogen-bond acceptors (Lipinski definition) is 6. The normalized spacial score (nSPS) is 21.6. The van der Waals surface area contributed by atoms with Crippen LogP contribution in [0.3, 0.4) is 0 Å². The standard InChI is InChI=1S/C11H13N5O3S2/c12-8(6-7-4-2-1-3-5-7)9(17)14-10-15-16-11(20-10)21(13,18)19/h1-5,8,11H,6,12H2,(H2,13,18,19)/t8-,11?/m0/s1. The number of amidine groups is 1. The van der Waals surface area contributed by atoms with Crippen molar-refractivity contribution in [1.29, 1.82) is 0 Å². The highest BCUT2D eigenvalue weighted by molar-refractivity contribution is 8.22. The molecule has 2 atom stereocenters. The number of carbonyl (C=O) groups is 1. The second-order valence-electron chi connectivity index (χ2n) is 4.26. The van der Waals surface area contributed by atoms with E-state index in [1.807, 2.05) is 30.3 Å². The van der Waals surface area contributed by atoms with Crippen molar-refractivity contribution in [2.24, 2.45) is 26.1 Å². The molecule has 1 aliphatic rings. The molecule has 2 rings (SSSR count). The molecule has 0 bridgehead atoms.